The van der Waals surface area contributed by atoms with Gasteiger partial charge in [0.25, 0.3) is 5.97 Å². The number of aliphatic hydroxyl groups is 1. The SMILES string of the molecule is CC(=O)O.CCOc1ccc(CC2NC(=O)CCSSCC(C(=O)N3CCC[C@H]3C(=O)N[C@@H](CCCN)C(=O)NCC(N)=O)NC(=O)[C@H](CC(N)=O)NC(=O)C([C@@H](C)O)NC(=O)C([C@@H](C)CC)NC2=O)cc1. The Balaban J connectivity index is 0.00000427. The summed E-state index contributed by atoms with van der Waals surface area (Å²) in [5.74, 6) is -8.90. The molecule has 1 aromatic carbocycles. The van der Waals surface area contributed by atoms with Crippen molar-refractivity contribution in [2.75, 3.05) is 37.7 Å². The first-order valence-corrected chi connectivity index (χ1v) is 26.0. The van der Waals surface area contributed by atoms with Crippen LogP contribution >= 0.6 is 21.6 Å². The lowest BCUT2D eigenvalue weighted by Gasteiger charge is -2.31. The number of amides is 10. The van der Waals surface area contributed by atoms with E-state index in [1.807, 2.05) is 6.92 Å². The van der Waals surface area contributed by atoms with Crippen LogP contribution in [0.1, 0.15) is 85.1 Å². The monoisotopic (exact) mass is 1050 g/mol. The number of rotatable bonds is 18. The van der Waals surface area contributed by atoms with Crippen LogP contribution in [0.3, 0.4) is 0 Å². The number of nitrogens with one attached hydrogen (secondary N) is 7. The van der Waals surface area contributed by atoms with E-state index in [1.165, 1.54) is 22.6 Å². The van der Waals surface area contributed by atoms with Crippen LogP contribution in [0.4, 0.5) is 0 Å². The van der Waals surface area contributed by atoms with E-state index in [4.69, 9.17) is 31.8 Å². The van der Waals surface area contributed by atoms with E-state index in [0.29, 0.717) is 37.2 Å². The number of carboxylic acid groups (broad SMARTS) is 1. The normalized spacial score (nSPS) is 22.8. The van der Waals surface area contributed by atoms with Gasteiger partial charge in [0.1, 0.15) is 48.0 Å². The lowest BCUT2D eigenvalue weighted by molar-refractivity contribution is -0.142. The molecule has 0 bridgehead atoms. The first-order chi connectivity index (χ1) is 34.0. The first-order valence-electron chi connectivity index (χ1n) is 23.5. The van der Waals surface area contributed by atoms with Crippen molar-refractivity contribution in [1.29, 1.82) is 0 Å². The Kier molecular flexibility index (Phi) is 27.5. The Morgan fingerprint density at radius 1 is 0.861 bits per heavy atom. The fraction of sp³-hybridized carbons (Fsp3) is 0.622. The summed E-state index contributed by atoms with van der Waals surface area (Å²) in [6, 6.07) is -2.62. The summed E-state index contributed by atoms with van der Waals surface area (Å²) < 4.78 is 5.53. The molecule has 4 unspecified atom stereocenters. The quantitative estimate of drug-likeness (QED) is 0.0654. The van der Waals surface area contributed by atoms with Crippen molar-refractivity contribution < 1.29 is 67.7 Å². The van der Waals surface area contributed by atoms with Crippen LogP contribution in [0.5, 0.6) is 5.75 Å². The highest BCUT2D eigenvalue weighted by Crippen LogP contribution is 2.26. The molecule has 2 aliphatic heterocycles. The Morgan fingerprint density at radius 2 is 1.49 bits per heavy atom. The van der Waals surface area contributed by atoms with Crippen molar-refractivity contribution in [3.63, 3.8) is 0 Å². The molecule has 27 heteroatoms. The molecule has 72 heavy (non-hydrogen) atoms. The minimum Gasteiger partial charge on any atom is -0.494 e. The van der Waals surface area contributed by atoms with Gasteiger partial charge in [-0.2, -0.15) is 0 Å². The smallest absolute Gasteiger partial charge is 0.300 e. The molecule has 2 heterocycles. The maximum absolute atomic E-state index is 14.4. The predicted octanol–water partition coefficient (Wildman–Crippen LogP) is -2.95. The van der Waals surface area contributed by atoms with Gasteiger partial charge >= 0.3 is 0 Å². The van der Waals surface area contributed by atoms with Crippen LogP contribution < -0.4 is 59.2 Å². The third kappa shape index (κ3) is 21.7. The molecule has 0 saturated carbocycles. The molecule has 3 rings (SSSR count). The van der Waals surface area contributed by atoms with Gasteiger partial charge in [-0.15, -0.1) is 0 Å². The third-order valence-corrected chi connectivity index (χ3v) is 13.6. The van der Waals surface area contributed by atoms with Crippen molar-refractivity contribution >= 4 is 86.6 Å². The molecule has 0 radical (unpaired) electrons. The van der Waals surface area contributed by atoms with Crippen molar-refractivity contribution in [3.05, 3.63) is 29.8 Å². The van der Waals surface area contributed by atoms with Crippen molar-refractivity contribution in [2.45, 2.75) is 134 Å². The van der Waals surface area contributed by atoms with Crippen molar-refractivity contribution in [1.82, 2.24) is 42.1 Å². The number of likely N-dealkylation sites (tertiary alicyclic amines) is 1. The van der Waals surface area contributed by atoms with E-state index in [2.05, 4.69) is 37.2 Å². The predicted molar refractivity (Wildman–Crippen MR) is 266 cm³/mol. The number of nitrogens with zero attached hydrogens (tertiary/aromatic N) is 1. The lowest BCUT2D eigenvalue weighted by atomic mass is 9.96. The number of primary amides is 2. The molecule has 10 amide bonds. The second-order valence-corrected chi connectivity index (χ2v) is 19.7. The molecule has 15 N–H and O–H groups in total. The minimum absolute atomic E-state index is 0.0243. The first kappa shape index (κ1) is 61.9. The van der Waals surface area contributed by atoms with Gasteiger partial charge in [-0.1, -0.05) is 54.0 Å². The summed E-state index contributed by atoms with van der Waals surface area (Å²) in [5.41, 5.74) is 17.0. The van der Waals surface area contributed by atoms with Gasteiger partial charge in [-0.25, -0.2) is 0 Å². The van der Waals surface area contributed by atoms with Gasteiger partial charge in [0.15, 0.2) is 0 Å². The number of hydrogen-bond acceptors (Lipinski definition) is 16. The number of carboxylic acids is 1. The van der Waals surface area contributed by atoms with Gasteiger partial charge in [0.05, 0.1) is 25.7 Å². The molecule has 0 aromatic heterocycles. The number of aliphatic hydroxyl groups excluding tert-OH is 1. The van der Waals surface area contributed by atoms with Crippen LogP contribution in [-0.2, 0) is 59.2 Å². The number of nitrogens with two attached hydrogens (primary N) is 3. The minimum atomic E-state index is -1.74. The van der Waals surface area contributed by atoms with E-state index >= 15 is 0 Å². The van der Waals surface area contributed by atoms with E-state index in [1.54, 1.807) is 38.1 Å². The van der Waals surface area contributed by atoms with Gasteiger partial charge in [-0.05, 0) is 69.7 Å². The molecule has 2 saturated heterocycles. The van der Waals surface area contributed by atoms with Gasteiger partial charge in [0.2, 0.25) is 59.1 Å². The molecular weight excluding hydrogens is 983 g/mol. The highest BCUT2D eigenvalue weighted by atomic mass is 33.1. The number of benzene rings is 1. The second kappa shape index (κ2) is 32.0. The van der Waals surface area contributed by atoms with E-state index in [-0.39, 0.29) is 50.3 Å². The zero-order valence-electron chi connectivity index (χ0n) is 41.2. The molecule has 1 aromatic rings. The highest BCUT2D eigenvalue weighted by Gasteiger charge is 2.41. The average Bonchev–Trinajstić information content (AvgIpc) is 3.82. The number of carbonyl (C=O) groups excluding carboxylic acids is 10. The molecule has 25 nitrogen and oxygen atoms in total. The largest absolute Gasteiger partial charge is 0.494 e. The summed E-state index contributed by atoms with van der Waals surface area (Å²) in [6.45, 7) is 7.80. The molecule has 9 atom stereocenters. The van der Waals surface area contributed by atoms with Gasteiger partial charge < -0.3 is 74.3 Å². The van der Waals surface area contributed by atoms with E-state index in [0.717, 1.165) is 17.7 Å². The summed E-state index contributed by atoms with van der Waals surface area (Å²) in [4.78, 5) is 144. The molecular formula is C45H71N11O14S2. The number of ether oxygens (including phenoxy) is 1. The van der Waals surface area contributed by atoms with E-state index in [9.17, 15) is 53.1 Å². The van der Waals surface area contributed by atoms with Crippen LogP contribution in [0, 0.1) is 5.92 Å². The zero-order chi connectivity index (χ0) is 54.1. The summed E-state index contributed by atoms with van der Waals surface area (Å²) in [5, 5.41) is 36.1. The highest BCUT2D eigenvalue weighted by molar-refractivity contribution is 8.76. The number of carbonyl (C=O) groups is 11. The second-order valence-electron chi connectivity index (χ2n) is 17.0. The lowest BCUT2D eigenvalue weighted by Crippen LogP contribution is -2.63. The van der Waals surface area contributed by atoms with Crippen molar-refractivity contribution in [2.24, 2.45) is 23.1 Å². The number of aliphatic carboxylic acids is 1. The van der Waals surface area contributed by atoms with Crippen LogP contribution in [0.15, 0.2) is 24.3 Å². The maximum atomic E-state index is 14.4. The summed E-state index contributed by atoms with van der Waals surface area (Å²) >= 11 is 0. The Labute approximate surface area is 425 Å². The van der Waals surface area contributed by atoms with Crippen LogP contribution in [-0.4, -0.2) is 166 Å². The van der Waals surface area contributed by atoms with Gasteiger partial charge in [-0.3, -0.25) is 52.7 Å². The third-order valence-electron chi connectivity index (χ3n) is 11.2. The Hall–Kier alpha value is -6.19. The van der Waals surface area contributed by atoms with Crippen LogP contribution in [0.2, 0.25) is 0 Å². The van der Waals surface area contributed by atoms with Crippen LogP contribution in [0.25, 0.3) is 0 Å². The fourth-order valence-corrected chi connectivity index (χ4v) is 9.44. The van der Waals surface area contributed by atoms with Gasteiger partial charge in [0, 0.05) is 37.8 Å². The molecule has 2 fully saturated rings. The number of hydrogen-bond donors (Lipinski definition) is 12. The topological polar surface area (TPSA) is 403 Å². The summed E-state index contributed by atoms with van der Waals surface area (Å²) in [6.07, 6.45) is -1.05. The zero-order valence-corrected chi connectivity index (χ0v) is 42.8. The maximum Gasteiger partial charge on any atom is 0.300 e. The Bertz CT molecular complexity index is 2050. The average molecular weight is 1050 g/mol. The Morgan fingerprint density at radius 3 is 2.07 bits per heavy atom. The molecule has 402 valence electrons. The molecule has 2 aliphatic rings. The molecule has 0 spiro atoms. The molecule has 0 aliphatic carbocycles. The standard InChI is InChI=1S/C43H67N11O12S2.C2H4O2/c1-5-23(3)35-41(63)53-36(24(4)55)42(64)50-29(20-32(45)56)38(60)51-30(43(65)54-17-8-10-31(54)40(62)49-27(9-7-16-44)37(59)47-21-33(46)57)22-68-67-18-15-34(58)48-28(39(61)52-35)19-25-11-13-26(14-12-25)66-6-2;1-2(3)4/h11-14,23-24,27-31,35-36,55H,5-10,15-22,44H2,1-4H3,(H2,45,56)(H2,46,57)(H,47,59)(H,48,58)(H,49,62)(H,50,64)(H,51,60)(H,52,61)(H,53,63);1H3,(H,3,4)/t23-,24+,27-,28?,29-,30?,31-,35?,36?;/m0./s1. The van der Waals surface area contributed by atoms with E-state index < -0.39 is 132 Å². The summed E-state index contributed by atoms with van der Waals surface area (Å²) in [7, 11) is 2.27. The van der Waals surface area contributed by atoms with Crippen molar-refractivity contribution in [3.8, 4) is 5.75 Å². The fourth-order valence-electron chi connectivity index (χ4n) is 7.29.